The van der Waals surface area contributed by atoms with Crippen LogP contribution in [0.3, 0.4) is 0 Å². The molecule has 0 aromatic heterocycles. The molecule has 0 rings (SSSR count). The molecule has 0 aromatic carbocycles. The lowest BCUT2D eigenvalue weighted by atomic mass is 10.0. The highest BCUT2D eigenvalue weighted by atomic mass is 16.6. The van der Waals surface area contributed by atoms with E-state index in [0.717, 1.165) is 69.6 Å². The smallest absolute Gasteiger partial charge is 0.306 e. The Morgan fingerprint density at radius 3 is 0.860 bits per heavy atom. The highest BCUT2D eigenvalue weighted by molar-refractivity contribution is 5.71. The highest BCUT2D eigenvalue weighted by Crippen LogP contribution is 2.17. The van der Waals surface area contributed by atoms with Gasteiger partial charge in [-0.3, -0.25) is 14.4 Å². The average Bonchev–Trinajstić information content (AvgIpc) is 3.18. The van der Waals surface area contributed by atoms with Crippen LogP contribution in [0.2, 0.25) is 0 Å². The number of unbranched alkanes of at least 4 members (excludes halogenated alkanes) is 30. The van der Waals surface area contributed by atoms with Crippen molar-refractivity contribution in [3.8, 4) is 0 Å². The average molecular weight is 807 g/mol. The van der Waals surface area contributed by atoms with E-state index in [2.05, 4.69) is 34.6 Å². The molecule has 0 spiro atoms. The first kappa shape index (κ1) is 55.4. The summed E-state index contributed by atoms with van der Waals surface area (Å²) in [4.78, 5) is 37.8. The topological polar surface area (TPSA) is 78.9 Å². The molecule has 0 aromatic rings. The van der Waals surface area contributed by atoms with E-state index >= 15 is 0 Å². The third kappa shape index (κ3) is 45.3. The van der Waals surface area contributed by atoms with Crippen LogP contribution < -0.4 is 0 Å². The van der Waals surface area contributed by atoms with Crippen molar-refractivity contribution in [2.75, 3.05) is 13.2 Å². The van der Waals surface area contributed by atoms with E-state index in [1.54, 1.807) is 0 Å². The number of carbonyl (C=O) groups is 3. The lowest BCUT2D eigenvalue weighted by molar-refractivity contribution is -0.167. The Kier molecular flexibility index (Phi) is 42.7. The van der Waals surface area contributed by atoms with E-state index in [4.69, 9.17) is 14.2 Å². The normalized spacial score (nSPS) is 12.1. The Bertz CT molecular complexity index is 870. The first-order valence-corrected chi connectivity index (χ1v) is 25.2. The molecule has 0 amide bonds. The van der Waals surface area contributed by atoms with Crippen LogP contribution in [0.25, 0.3) is 0 Å². The molecule has 0 unspecified atom stereocenters. The minimum atomic E-state index is -0.761. The lowest BCUT2D eigenvalue weighted by Crippen LogP contribution is -2.30. The number of hydrogen-bond acceptors (Lipinski definition) is 6. The third-order valence-corrected chi connectivity index (χ3v) is 11.5. The molecule has 0 saturated carbocycles. The Hall–Kier alpha value is -1.59. The number of esters is 3. The molecule has 1 atom stereocenters. The SMILES string of the molecule is CCCCCCCCCCCCCC(=O)OC[C@H](COC(=O)CCCCCCCCCCCCCCCCC(C)C)OC(=O)CCCCCCCCCCC(C)C. The van der Waals surface area contributed by atoms with Gasteiger partial charge in [-0.25, -0.2) is 0 Å². The van der Waals surface area contributed by atoms with Gasteiger partial charge in [-0.2, -0.15) is 0 Å². The summed E-state index contributed by atoms with van der Waals surface area (Å²) in [6.45, 7) is 11.3. The Morgan fingerprint density at radius 2 is 0.579 bits per heavy atom. The summed E-state index contributed by atoms with van der Waals surface area (Å²) >= 11 is 0. The predicted molar refractivity (Wildman–Crippen MR) is 243 cm³/mol. The van der Waals surface area contributed by atoms with E-state index in [9.17, 15) is 14.4 Å². The Morgan fingerprint density at radius 1 is 0.333 bits per heavy atom. The predicted octanol–water partition coefficient (Wildman–Crippen LogP) is 16.1. The minimum Gasteiger partial charge on any atom is -0.462 e. The lowest BCUT2D eigenvalue weighted by Gasteiger charge is -2.18. The van der Waals surface area contributed by atoms with Gasteiger partial charge in [0, 0.05) is 19.3 Å². The van der Waals surface area contributed by atoms with Gasteiger partial charge in [-0.15, -0.1) is 0 Å². The van der Waals surface area contributed by atoms with Crippen LogP contribution >= 0.6 is 0 Å². The standard InChI is InChI=1S/C51H98O6/c1-6-7-8-9-10-11-16-20-26-31-36-41-49(52)55-44-48(57-51(54)43-38-33-28-23-22-25-30-35-40-47(4)5)45-56-50(53)42-37-32-27-21-18-15-13-12-14-17-19-24-29-34-39-46(2)3/h46-48H,6-45H2,1-5H3/t48-/m1/s1. The zero-order valence-corrected chi connectivity index (χ0v) is 39.0. The van der Waals surface area contributed by atoms with Crippen LogP contribution in [-0.2, 0) is 28.6 Å². The van der Waals surface area contributed by atoms with Gasteiger partial charge in [0.25, 0.3) is 0 Å². The summed E-state index contributed by atoms with van der Waals surface area (Å²) < 4.78 is 16.8. The molecule has 0 N–H and O–H groups in total. The maximum Gasteiger partial charge on any atom is 0.306 e. The first-order chi connectivity index (χ1) is 27.7. The second kappa shape index (κ2) is 44.0. The fourth-order valence-corrected chi connectivity index (χ4v) is 7.64. The van der Waals surface area contributed by atoms with E-state index in [0.29, 0.717) is 19.3 Å². The van der Waals surface area contributed by atoms with E-state index in [1.165, 1.54) is 167 Å². The van der Waals surface area contributed by atoms with Crippen molar-refractivity contribution >= 4 is 17.9 Å². The van der Waals surface area contributed by atoms with Gasteiger partial charge in [0.15, 0.2) is 6.10 Å². The molecule has 0 heterocycles. The molecule has 0 aliphatic heterocycles. The molecule has 0 aliphatic rings. The van der Waals surface area contributed by atoms with Crippen LogP contribution in [0.15, 0.2) is 0 Å². The first-order valence-electron chi connectivity index (χ1n) is 25.2. The molecule has 338 valence electrons. The van der Waals surface area contributed by atoms with Crippen molar-refractivity contribution in [2.45, 2.75) is 285 Å². The monoisotopic (exact) mass is 807 g/mol. The van der Waals surface area contributed by atoms with Crippen LogP contribution in [0.5, 0.6) is 0 Å². The van der Waals surface area contributed by atoms with Crippen molar-refractivity contribution in [1.82, 2.24) is 0 Å². The van der Waals surface area contributed by atoms with Gasteiger partial charge in [-0.1, -0.05) is 240 Å². The zero-order chi connectivity index (χ0) is 41.9. The highest BCUT2D eigenvalue weighted by Gasteiger charge is 2.19. The van der Waals surface area contributed by atoms with Crippen LogP contribution in [0.1, 0.15) is 279 Å². The maximum atomic E-state index is 12.7. The summed E-state index contributed by atoms with van der Waals surface area (Å²) in [5, 5.41) is 0. The maximum absolute atomic E-state index is 12.7. The molecular weight excluding hydrogens is 709 g/mol. The van der Waals surface area contributed by atoms with Gasteiger partial charge >= 0.3 is 17.9 Å². The fraction of sp³-hybridized carbons (Fsp3) is 0.941. The van der Waals surface area contributed by atoms with Gasteiger partial charge in [0.05, 0.1) is 0 Å². The molecular formula is C51H98O6. The molecule has 6 heteroatoms. The van der Waals surface area contributed by atoms with Crippen LogP contribution in [0.4, 0.5) is 0 Å². The van der Waals surface area contributed by atoms with Crippen molar-refractivity contribution in [2.24, 2.45) is 11.8 Å². The molecule has 6 nitrogen and oxygen atoms in total. The van der Waals surface area contributed by atoms with Gasteiger partial charge < -0.3 is 14.2 Å². The van der Waals surface area contributed by atoms with E-state index in [-0.39, 0.29) is 31.1 Å². The fourth-order valence-electron chi connectivity index (χ4n) is 7.64. The van der Waals surface area contributed by atoms with Crippen molar-refractivity contribution in [3.63, 3.8) is 0 Å². The quantitative estimate of drug-likeness (QED) is 0.0346. The summed E-state index contributed by atoms with van der Waals surface area (Å²) in [6.07, 6.45) is 43.8. The Balaban J connectivity index is 4.27. The second-order valence-electron chi connectivity index (χ2n) is 18.4. The molecule has 57 heavy (non-hydrogen) atoms. The van der Waals surface area contributed by atoms with Gasteiger partial charge in [-0.05, 0) is 31.1 Å². The third-order valence-electron chi connectivity index (χ3n) is 11.5. The zero-order valence-electron chi connectivity index (χ0n) is 39.0. The summed E-state index contributed by atoms with van der Waals surface area (Å²) in [7, 11) is 0. The number of rotatable bonds is 45. The molecule has 0 radical (unpaired) electrons. The van der Waals surface area contributed by atoms with Gasteiger partial charge in [0.1, 0.15) is 13.2 Å². The summed E-state index contributed by atoms with van der Waals surface area (Å²) in [5.41, 5.74) is 0. The Labute approximate surface area is 355 Å². The molecule has 0 saturated heterocycles. The van der Waals surface area contributed by atoms with Crippen molar-refractivity contribution in [3.05, 3.63) is 0 Å². The molecule has 0 fully saturated rings. The van der Waals surface area contributed by atoms with Crippen molar-refractivity contribution in [1.29, 1.82) is 0 Å². The second-order valence-corrected chi connectivity index (χ2v) is 18.4. The summed E-state index contributed by atoms with van der Waals surface area (Å²) in [6, 6.07) is 0. The minimum absolute atomic E-state index is 0.0642. The number of carbonyl (C=O) groups excluding carboxylic acids is 3. The molecule has 0 bridgehead atoms. The van der Waals surface area contributed by atoms with E-state index in [1.807, 2.05) is 0 Å². The summed E-state index contributed by atoms with van der Waals surface area (Å²) in [5.74, 6) is 0.786. The van der Waals surface area contributed by atoms with Gasteiger partial charge in [0.2, 0.25) is 0 Å². The largest absolute Gasteiger partial charge is 0.462 e. The molecule has 0 aliphatic carbocycles. The van der Waals surface area contributed by atoms with Crippen molar-refractivity contribution < 1.29 is 28.6 Å². The van der Waals surface area contributed by atoms with Crippen LogP contribution in [-0.4, -0.2) is 37.2 Å². The van der Waals surface area contributed by atoms with Crippen LogP contribution in [0, 0.1) is 11.8 Å². The number of ether oxygens (including phenoxy) is 3. The van der Waals surface area contributed by atoms with E-state index < -0.39 is 6.10 Å². The number of hydrogen-bond donors (Lipinski definition) is 0.